The van der Waals surface area contributed by atoms with E-state index in [9.17, 15) is 13.2 Å². The summed E-state index contributed by atoms with van der Waals surface area (Å²) in [5.41, 5.74) is 10.4. The number of nitrogens with two attached hydrogens (primary N) is 1. The first kappa shape index (κ1) is 26.5. The number of nitrogen functional groups attached to an aromatic ring is 1. The largest absolute Gasteiger partial charge is 0.436 e. The number of oxazole rings is 1. The van der Waals surface area contributed by atoms with Gasteiger partial charge < -0.3 is 20.8 Å². The molecule has 0 saturated carbocycles. The number of urea groups is 1. The topological polar surface area (TPSA) is 170 Å². The van der Waals surface area contributed by atoms with E-state index in [4.69, 9.17) is 15.2 Å². The highest BCUT2D eigenvalue weighted by molar-refractivity contribution is 7.90. The van der Waals surface area contributed by atoms with Crippen molar-refractivity contribution in [2.45, 2.75) is 30.7 Å². The Labute approximate surface area is 236 Å². The number of fused-ring (bicyclic) bond motifs is 1. The van der Waals surface area contributed by atoms with Crippen LogP contribution in [-0.2, 0) is 10.0 Å². The number of aryl methyl sites for hydroxylation is 1. The van der Waals surface area contributed by atoms with Gasteiger partial charge in [0.2, 0.25) is 5.89 Å². The molecule has 4 heterocycles. The molecule has 41 heavy (non-hydrogen) atoms. The number of amides is 2. The second kappa shape index (κ2) is 10.7. The molecule has 5 aromatic rings. The van der Waals surface area contributed by atoms with E-state index >= 15 is 0 Å². The van der Waals surface area contributed by atoms with E-state index < -0.39 is 16.1 Å². The molecule has 0 spiro atoms. The van der Waals surface area contributed by atoms with Crippen LogP contribution in [0.3, 0.4) is 0 Å². The number of anilines is 2. The molecule has 0 unspecified atom stereocenters. The molecule has 2 amide bonds. The van der Waals surface area contributed by atoms with Gasteiger partial charge in [-0.15, -0.1) is 0 Å². The summed E-state index contributed by atoms with van der Waals surface area (Å²) in [5, 5.41) is 10.7. The lowest BCUT2D eigenvalue weighted by Crippen LogP contribution is -2.34. The number of carbonyl (C=O) groups is 1. The predicted octanol–water partition coefficient (Wildman–Crippen LogP) is 4.08. The van der Waals surface area contributed by atoms with E-state index in [-0.39, 0.29) is 16.6 Å². The van der Waals surface area contributed by atoms with Gasteiger partial charge in [-0.25, -0.2) is 27.9 Å². The molecule has 1 saturated heterocycles. The third-order valence-corrected chi connectivity index (χ3v) is 8.29. The van der Waals surface area contributed by atoms with Gasteiger partial charge in [-0.1, -0.05) is 17.7 Å². The van der Waals surface area contributed by atoms with Gasteiger partial charge in [0, 0.05) is 29.7 Å². The highest BCUT2D eigenvalue weighted by Gasteiger charge is 2.20. The number of nitrogens with one attached hydrogen (secondary N) is 3. The monoisotopic (exact) mass is 572 g/mol. The number of hydrogen-bond acceptors (Lipinski definition) is 9. The van der Waals surface area contributed by atoms with Crippen LogP contribution in [0.15, 0.2) is 76.3 Å². The molecule has 1 aliphatic rings. The van der Waals surface area contributed by atoms with Crippen molar-refractivity contribution in [3.05, 3.63) is 72.6 Å². The highest BCUT2D eigenvalue weighted by Crippen LogP contribution is 2.32. The van der Waals surface area contributed by atoms with Crippen molar-refractivity contribution in [3.8, 4) is 22.7 Å². The lowest BCUT2D eigenvalue weighted by molar-refractivity contribution is 0.256. The molecule has 3 aromatic heterocycles. The van der Waals surface area contributed by atoms with E-state index in [1.807, 2.05) is 34.7 Å². The first-order valence-electron chi connectivity index (χ1n) is 13.1. The number of hydrogen-bond donors (Lipinski definition) is 4. The van der Waals surface area contributed by atoms with Crippen LogP contribution in [0.2, 0.25) is 0 Å². The molecule has 0 radical (unpaired) electrons. The third-order valence-electron chi connectivity index (χ3n) is 6.94. The summed E-state index contributed by atoms with van der Waals surface area (Å²) in [6, 6.07) is 14.2. The van der Waals surface area contributed by atoms with Crippen LogP contribution in [0.5, 0.6) is 0 Å². The lowest BCUT2D eigenvalue weighted by Gasteiger charge is -2.22. The molecule has 0 atom stereocenters. The van der Waals surface area contributed by atoms with Gasteiger partial charge in [0.05, 0.1) is 22.2 Å². The normalized spacial score (nSPS) is 14.3. The van der Waals surface area contributed by atoms with Crippen molar-refractivity contribution >= 4 is 38.7 Å². The summed E-state index contributed by atoms with van der Waals surface area (Å²) in [6.45, 7) is 3.79. The van der Waals surface area contributed by atoms with Crippen molar-refractivity contribution in [1.82, 2.24) is 29.8 Å². The molecule has 13 heteroatoms. The number of piperidine rings is 1. The Kier molecular flexibility index (Phi) is 6.89. The fourth-order valence-corrected chi connectivity index (χ4v) is 5.63. The van der Waals surface area contributed by atoms with E-state index in [0.717, 1.165) is 42.8 Å². The number of benzene rings is 2. The molecule has 1 aliphatic heterocycles. The summed E-state index contributed by atoms with van der Waals surface area (Å²) in [4.78, 5) is 21.3. The van der Waals surface area contributed by atoms with Crippen LogP contribution >= 0.6 is 0 Å². The summed E-state index contributed by atoms with van der Waals surface area (Å²) in [6.07, 6.45) is 5.70. The molecular formula is C28H28N8O4S. The Bertz CT molecular complexity index is 1840. The van der Waals surface area contributed by atoms with E-state index in [0.29, 0.717) is 28.4 Å². The number of aromatic nitrogens is 4. The summed E-state index contributed by atoms with van der Waals surface area (Å²) in [5.74, 6) is 0.505. The molecule has 210 valence electrons. The SMILES string of the molecule is Cc1ccc(S(=O)(=O)NC(=O)Nc2ccc3nc(-c4cc(-c5ccn(C6CCNCC6)n5)cnc4N)oc3c2)cc1. The Morgan fingerprint density at radius 3 is 2.66 bits per heavy atom. The average molecular weight is 573 g/mol. The van der Waals surface area contributed by atoms with Crippen molar-refractivity contribution in [1.29, 1.82) is 0 Å². The minimum atomic E-state index is -4.04. The predicted molar refractivity (Wildman–Crippen MR) is 155 cm³/mol. The van der Waals surface area contributed by atoms with Gasteiger partial charge in [0.1, 0.15) is 11.3 Å². The summed E-state index contributed by atoms with van der Waals surface area (Å²) < 4.78 is 35.1. The zero-order chi connectivity index (χ0) is 28.6. The minimum absolute atomic E-state index is 0.0138. The quantitative estimate of drug-likeness (QED) is 0.234. The van der Waals surface area contributed by atoms with Crippen molar-refractivity contribution in [2.75, 3.05) is 24.1 Å². The van der Waals surface area contributed by atoms with Crippen LogP contribution in [0, 0.1) is 6.92 Å². The second-order valence-electron chi connectivity index (χ2n) is 9.89. The van der Waals surface area contributed by atoms with Gasteiger partial charge in [-0.3, -0.25) is 4.68 Å². The lowest BCUT2D eigenvalue weighted by atomic mass is 10.1. The van der Waals surface area contributed by atoms with Crippen molar-refractivity contribution in [3.63, 3.8) is 0 Å². The molecular weight excluding hydrogens is 544 g/mol. The standard InChI is InChI=1S/C28H28N8O4S/c1-17-2-5-21(6-3-17)41(38,39)35-28(37)32-19-4-7-24-25(15-19)40-27(33-24)22-14-18(16-31-26(22)29)23-10-13-36(34-23)20-8-11-30-12-9-20/h2-7,10,13-16,20,30H,8-9,11-12H2,1H3,(H2,29,31)(H2,32,35,37). The Hall–Kier alpha value is -4.75. The Balaban J connectivity index is 1.20. The first-order valence-corrected chi connectivity index (χ1v) is 14.6. The Morgan fingerprint density at radius 1 is 1.10 bits per heavy atom. The van der Waals surface area contributed by atoms with Crippen LogP contribution in [-0.4, -0.2) is 47.3 Å². The molecule has 5 N–H and O–H groups in total. The summed E-state index contributed by atoms with van der Waals surface area (Å²) >= 11 is 0. The molecule has 0 aliphatic carbocycles. The number of rotatable bonds is 6. The van der Waals surface area contributed by atoms with Gasteiger partial charge in [0.15, 0.2) is 5.58 Å². The number of carbonyl (C=O) groups excluding carboxylic acids is 1. The zero-order valence-corrected chi connectivity index (χ0v) is 23.0. The Morgan fingerprint density at radius 2 is 1.88 bits per heavy atom. The third kappa shape index (κ3) is 5.62. The van der Waals surface area contributed by atoms with Gasteiger partial charge in [-0.05, 0) is 69.3 Å². The van der Waals surface area contributed by atoms with E-state index in [2.05, 4.69) is 20.6 Å². The molecule has 6 rings (SSSR count). The van der Waals surface area contributed by atoms with Crippen LogP contribution in [0.4, 0.5) is 16.3 Å². The fourth-order valence-electron chi connectivity index (χ4n) is 4.73. The maximum absolute atomic E-state index is 12.5. The van der Waals surface area contributed by atoms with Gasteiger partial charge in [0.25, 0.3) is 10.0 Å². The average Bonchev–Trinajstić information content (AvgIpc) is 3.61. The number of pyridine rings is 1. The maximum Gasteiger partial charge on any atom is 0.333 e. The molecule has 2 aromatic carbocycles. The summed E-state index contributed by atoms with van der Waals surface area (Å²) in [7, 11) is -4.04. The van der Waals surface area contributed by atoms with Gasteiger partial charge in [-0.2, -0.15) is 5.10 Å². The molecule has 1 fully saturated rings. The smallest absolute Gasteiger partial charge is 0.333 e. The number of sulfonamides is 1. The van der Waals surface area contributed by atoms with Gasteiger partial charge >= 0.3 is 6.03 Å². The van der Waals surface area contributed by atoms with E-state index in [1.165, 1.54) is 12.1 Å². The van der Waals surface area contributed by atoms with Crippen LogP contribution in [0.25, 0.3) is 33.8 Å². The van der Waals surface area contributed by atoms with E-state index in [1.54, 1.807) is 36.5 Å². The maximum atomic E-state index is 12.5. The molecule has 0 bridgehead atoms. The second-order valence-corrected chi connectivity index (χ2v) is 11.6. The van der Waals surface area contributed by atoms with Crippen molar-refractivity contribution < 1.29 is 17.6 Å². The number of nitrogens with zero attached hydrogens (tertiary/aromatic N) is 4. The highest BCUT2D eigenvalue weighted by atomic mass is 32.2. The minimum Gasteiger partial charge on any atom is -0.436 e. The zero-order valence-electron chi connectivity index (χ0n) is 22.2. The van der Waals surface area contributed by atoms with Crippen molar-refractivity contribution in [2.24, 2.45) is 0 Å². The fraction of sp³-hybridized carbons (Fsp3) is 0.214. The molecule has 12 nitrogen and oxygen atoms in total. The first-order chi connectivity index (χ1) is 19.7. The van der Waals surface area contributed by atoms with Crippen LogP contribution in [0.1, 0.15) is 24.4 Å². The van der Waals surface area contributed by atoms with Crippen LogP contribution < -0.4 is 21.1 Å².